The zero-order valence-electron chi connectivity index (χ0n) is 9.48. The van der Waals surface area contributed by atoms with Crippen LogP contribution in [0, 0.1) is 0 Å². The lowest BCUT2D eigenvalue weighted by Gasteiger charge is -2.17. The van der Waals surface area contributed by atoms with Gasteiger partial charge in [0.15, 0.2) is 0 Å². The second-order valence-electron chi connectivity index (χ2n) is 4.72. The van der Waals surface area contributed by atoms with Gasteiger partial charge in [-0.3, -0.25) is 0 Å². The lowest BCUT2D eigenvalue weighted by molar-refractivity contribution is 0.726. The second kappa shape index (κ2) is 4.57. The fraction of sp³-hybridized carbons (Fsp3) is 0.818. The third-order valence-corrected chi connectivity index (χ3v) is 3.85. The third-order valence-electron chi connectivity index (χ3n) is 3.21. The Morgan fingerprint density at radius 1 is 1.12 bits per heavy atom. The van der Waals surface area contributed by atoms with Crippen LogP contribution in [0.1, 0.15) is 38.5 Å². The first-order chi connectivity index (χ1) is 7.92. The number of aromatic nitrogens is 2. The summed E-state index contributed by atoms with van der Waals surface area (Å²) in [4.78, 5) is 6.91. The average molecular weight is 238 g/mol. The van der Waals surface area contributed by atoms with Gasteiger partial charge in [-0.25, -0.2) is 0 Å². The molecule has 0 unspecified atom stereocenters. The quantitative estimate of drug-likeness (QED) is 0.878. The third kappa shape index (κ3) is 2.45. The van der Waals surface area contributed by atoms with Gasteiger partial charge in [0, 0.05) is 30.7 Å². The van der Waals surface area contributed by atoms with E-state index in [1.165, 1.54) is 50.1 Å². The van der Waals surface area contributed by atoms with Crippen LogP contribution in [-0.4, -0.2) is 28.5 Å². The summed E-state index contributed by atoms with van der Waals surface area (Å²) in [6, 6.07) is 0.671. The fourth-order valence-electron chi connectivity index (χ4n) is 2.08. The van der Waals surface area contributed by atoms with Crippen LogP contribution in [0.3, 0.4) is 0 Å². The largest absolute Gasteiger partial charge is 0.358 e. The molecule has 0 spiro atoms. The molecule has 1 aliphatic carbocycles. The molecule has 0 bridgehead atoms. The molecule has 2 heterocycles. The Bertz CT molecular complexity index is 340. The van der Waals surface area contributed by atoms with Gasteiger partial charge in [-0.2, -0.15) is 9.36 Å². The van der Waals surface area contributed by atoms with Crippen LogP contribution in [0.25, 0.3) is 0 Å². The predicted molar refractivity (Wildman–Crippen MR) is 67.2 cm³/mol. The van der Waals surface area contributed by atoms with Crippen LogP contribution >= 0.6 is 11.5 Å². The number of anilines is 2. The maximum Gasteiger partial charge on any atom is 0.239 e. The molecule has 0 atom stereocenters. The number of hydrogen-bond donors (Lipinski definition) is 1. The van der Waals surface area contributed by atoms with Crippen molar-refractivity contribution in [3.05, 3.63) is 0 Å². The van der Waals surface area contributed by atoms with E-state index in [1.54, 1.807) is 0 Å². The van der Waals surface area contributed by atoms with Gasteiger partial charge >= 0.3 is 0 Å². The predicted octanol–water partition coefficient (Wildman–Crippen LogP) is 2.49. The molecule has 1 saturated heterocycles. The van der Waals surface area contributed by atoms with E-state index in [2.05, 4.69) is 19.6 Å². The zero-order valence-corrected chi connectivity index (χ0v) is 10.3. The average Bonchev–Trinajstić information content (AvgIpc) is 3.03. The summed E-state index contributed by atoms with van der Waals surface area (Å²) < 4.78 is 4.46. The SMILES string of the molecule is C1CCCN(c2nsc(NC3CC3)n2)CC1. The smallest absolute Gasteiger partial charge is 0.239 e. The minimum atomic E-state index is 0.671. The second-order valence-corrected chi connectivity index (χ2v) is 5.47. The monoisotopic (exact) mass is 238 g/mol. The van der Waals surface area contributed by atoms with E-state index in [-0.39, 0.29) is 0 Å². The lowest BCUT2D eigenvalue weighted by Crippen LogP contribution is -2.24. The van der Waals surface area contributed by atoms with Crippen molar-refractivity contribution in [1.29, 1.82) is 0 Å². The molecule has 1 saturated carbocycles. The summed E-state index contributed by atoms with van der Waals surface area (Å²) in [7, 11) is 0. The summed E-state index contributed by atoms with van der Waals surface area (Å²) in [5.74, 6) is 0.940. The molecule has 0 aromatic carbocycles. The van der Waals surface area contributed by atoms with E-state index < -0.39 is 0 Å². The molecule has 1 N–H and O–H groups in total. The van der Waals surface area contributed by atoms with Crippen LogP contribution in [0.5, 0.6) is 0 Å². The summed E-state index contributed by atoms with van der Waals surface area (Å²) in [5, 5.41) is 4.41. The van der Waals surface area contributed by atoms with Crippen molar-refractivity contribution in [3.8, 4) is 0 Å². The van der Waals surface area contributed by atoms with Gasteiger partial charge in [0.25, 0.3) is 0 Å². The van der Waals surface area contributed by atoms with Gasteiger partial charge in [0.1, 0.15) is 0 Å². The van der Waals surface area contributed by atoms with E-state index in [0.717, 1.165) is 24.2 Å². The highest BCUT2D eigenvalue weighted by molar-refractivity contribution is 7.09. The van der Waals surface area contributed by atoms with Gasteiger partial charge in [0.2, 0.25) is 11.1 Å². The van der Waals surface area contributed by atoms with Crippen LogP contribution in [-0.2, 0) is 0 Å². The van der Waals surface area contributed by atoms with Gasteiger partial charge in [-0.05, 0) is 25.7 Å². The molecule has 4 nitrogen and oxygen atoms in total. The zero-order chi connectivity index (χ0) is 10.8. The minimum Gasteiger partial charge on any atom is -0.358 e. The Hall–Kier alpha value is -0.840. The van der Waals surface area contributed by atoms with Gasteiger partial charge in [-0.1, -0.05) is 12.8 Å². The number of nitrogens with zero attached hydrogens (tertiary/aromatic N) is 3. The molecule has 88 valence electrons. The molecule has 0 amide bonds. The van der Waals surface area contributed by atoms with Gasteiger partial charge < -0.3 is 10.2 Å². The van der Waals surface area contributed by atoms with E-state index in [1.807, 2.05) is 0 Å². The Kier molecular flexibility index (Phi) is 2.95. The van der Waals surface area contributed by atoms with Crippen LogP contribution in [0.15, 0.2) is 0 Å². The van der Waals surface area contributed by atoms with E-state index >= 15 is 0 Å². The van der Waals surface area contributed by atoms with Gasteiger partial charge in [-0.15, -0.1) is 0 Å². The first-order valence-electron chi connectivity index (χ1n) is 6.27. The Labute approximate surface area is 100 Å². The van der Waals surface area contributed by atoms with Crippen molar-refractivity contribution in [2.75, 3.05) is 23.3 Å². The topological polar surface area (TPSA) is 41.1 Å². The van der Waals surface area contributed by atoms with Crippen LogP contribution in [0.2, 0.25) is 0 Å². The Morgan fingerprint density at radius 3 is 2.56 bits per heavy atom. The maximum absolute atomic E-state index is 4.58. The fourth-order valence-corrected chi connectivity index (χ4v) is 2.74. The number of hydrogen-bond acceptors (Lipinski definition) is 5. The normalized spacial score (nSPS) is 21.9. The Morgan fingerprint density at radius 2 is 1.88 bits per heavy atom. The highest BCUT2D eigenvalue weighted by Crippen LogP contribution is 2.27. The highest BCUT2D eigenvalue weighted by Gasteiger charge is 2.23. The molecular weight excluding hydrogens is 220 g/mol. The van der Waals surface area contributed by atoms with Crippen LogP contribution in [0.4, 0.5) is 11.1 Å². The molecule has 3 rings (SSSR count). The molecule has 16 heavy (non-hydrogen) atoms. The van der Waals surface area contributed by atoms with Gasteiger partial charge in [0.05, 0.1) is 0 Å². The molecular formula is C11H18N4S. The summed E-state index contributed by atoms with van der Waals surface area (Å²) in [5.41, 5.74) is 0. The first kappa shape index (κ1) is 10.3. The van der Waals surface area contributed by atoms with Crippen molar-refractivity contribution in [3.63, 3.8) is 0 Å². The summed E-state index contributed by atoms with van der Waals surface area (Å²) in [6.07, 6.45) is 7.86. The maximum atomic E-state index is 4.58. The molecule has 0 radical (unpaired) electrons. The van der Waals surface area contributed by atoms with Crippen molar-refractivity contribution in [1.82, 2.24) is 9.36 Å². The lowest BCUT2D eigenvalue weighted by atomic mass is 10.2. The van der Waals surface area contributed by atoms with Crippen LogP contribution < -0.4 is 10.2 Å². The number of nitrogens with one attached hydrogen (secondary N) is 1. The molecule has 2 aliphatic rings. The molecule has 1 aromatic rings. The molecule has 2 fully saturated rings. The molecule has 1 aromatic heterocycles. The van der Waals surface area contributed by atoms with E-state index in [4.69, 9.17) is 0 Å². The standard InChI is InChI=1S/C11H18N4S/c1-2-4-8-15(7-3-1)10-13-11(16-14-10)12-9-5-6-9/h9H,1-8H2,(H,12,13,14). The highest BCUT2D eigenvalue weighted by atomic mass is 32.1. The summed E-state index contributed by atoms with van der Waals surface area (Å²) >= 11 is 1.50. The minimum absolute atomic E-state index is 0.671. The number of rotatable bonds is 3. The van der Waals surface area contributed by atoms with Crippen molar-refractivity contribution < 1.29 is 0 Å². The van der Waals surface area contributed by atoms with Crippen molar-refractivity contribution in [2.24, 2.45) is 0 Å². The first-order valence-corrected chi connectivity index (χ1v) is 7.04. The van der Waals surface area contributed by atoms with E-state index in [0.29, 0.717) is 6.04 Å². The van der Waals surface area contributed by atoms with Crippen molar-refractivity contribution in [2.45, 2.75) is 44.6 Å². The molecule has 5 heteroatoms. The van der Waals surface area contributed by atoms with Crippen molar-refractivity contribution >= 4 is 22.6 Å². The van der Waals surface area contributed by atoms with E-state index in [9.17, 15) is 0 Å². The summed E-state index contributed by atoms with van der Waals surface area (Å²) in [6.45, 7) is 2.25. The Balaban J connectivity index is 1.64. The molecule has 1 aliphatic heterocycles.